The highest BCUT2D eigenvalue weighted by molar-refractivity contribution is 6.08. The molecule has 16 heteroatoms. The number of H-pyrrole nitrogens is 1. The Balaban J connectivity index is 1.85. The number of hydrogen-bond acceptors (Lipinski definition) is 14. The Morgan fingerprint density at radius 3 is 2.63 bits per heavy atom. The number of rotatable bonds is 10. The molecule has 0 saturated carbocycles. The van der Waals surface area contributed by atoms with E-state index in [2.05, 4.69) is 30.5 Å². The minimum atomic E-state index is -1.44. The summed E-state index contributed by atoms with van der Waals surface area (Å²) in [4.78, 5) is 49.0. The van der Waals surface area contributed by atoms with E-state index in [0.717, 1.165) is 6.20 Å². The Labute approximate surface area is 214 Å². The van der Waals surface area contributed by atoms with E-state index in [-0.39, 0.29) is 52.9 Å². The molecule has 0 bridgehead atoms. The van der Waals surface area contributed by atoms with Gasteiger partial charge in [0.25, 0.3) is 0 Å². The molecule has 5 N–H and O–H groups in total. The molecule has 3 aromatic heterocycles. The number of imidazole rings is 1. The highest BCUT2D eigenvalue weighted by Gasteiger charge is 2.44. The largest absolute Gasteiger partial charge is 0.462 e. The third-order valence-electron chi connectivity index (χ3n) is 5.56. The molecule has 4 atom stereocenters. The molecule has 0 aliphatic carbocycles. The molecule has 0 amide bonds. The zero-order valence-corrected chi connectivity index (χ0v) is 20.3. The van der Waals surface area contributed by atoms with Crippen LogP contribution < -0.4 is 5.32 Å². The number of anilines is 1. The predicted octanol–water partition coefficient (Wildman–Crippen LogP) is -0.938. The van der Waals surface area contributed by atoms with Crippen molar-refractivity contribution in [2.45, 2.75) is 38.4 Å². The fourth-order valence-electron chi connectivity index (χ4n) is 3.75. The van der Waals surface area contributed by atoms with Crippen molar-refractivity contribution in [2.75, 3.05) is 25.1 Å². The van der Waals surface area contributed by atoms with Crippen LogP contribution in [0.15, 0.2) is 24.3 Å². The van der Waals surface area contributed by atoms with Crippen molar-refractivity contribution in [3.63, 3.8) is 0 Å². The predicted molar refractivity (Wildman–Crippen MR) is 126 cm³/mol. The number of carbonyl (C=O) groups excluding carboxylic acids is 3. The molecule has 1 aliphatic heterocycles. The molecular formula is C22H25N7O9. The third kappa shape index (κ3) is 4.97. The molecule has 38 heavy (non-hydrogen) atoms. The van der Waals surface area contributed by atoms with E-state index in [4.69, 9.17) is 14.2 Å². The second-order valence-corrected chi connectivity index (χ2v) is 7.90. The average molecular weight is 531 g/mol. The molecule has 1 fully saturated rings. The lowest BCUT2D eigenvalue weighted by Gasteiger charge is -2.17. The Morgan fingerprint density at radius 1 is 1.21 bits per heavy atom. The number of ether oxygens (including phenoxy) is 3. The first-order valence-corrected chi connectivity index (χ1v) is 11.5. The number of nitrogens with one attached hydrogen (secondary N) is 2. The first kappa shape index (κ1) is 26.8. The molecule has 202 valence electrons. The number of esters is 2. The van der Waals surface area contributed by atoms with Crippen LogP contribution >= 0.6 is 0 Å². The van der Waals surface area contributed by atoms with Crippen molar-refractivity contribution < 1.29 is 43.9 Å². The highest BCUT2D eigenvalue weighted by atomic mass is 16.6. The monoisotopic (exact) mass is 531 g/mol. The van der Waals surface area contributed by atoms with Crippen molar-refractivity contribution in [2.24, 2.45) is 0 Å². The van der Waals surface area contributed by atoms with Crippen LogP contribution in [0.5, 0.6) is 0 Å². The van der Waals surface area contributed by atoms with Crippen molar-refractivity contribution in [3.05, 3.63) is 29.9 Å². The SMILES string of the molecule is CCOC(=O)/C(C=O)=C\Nc1nc(-c2n[nH]cc2C(=O)OCC)nc2c1ncn2[C@@H]1O[C@H](CO)[C@@H](O)[C@H]1O. The fourth-order valence-corrected chi connectivity index (χ4v) is 3.75. The minimum absolute atomic E-state index is 0.00282. The van der Waals surface area contributed by atoms with E-state index in [1.54, 1.807) is 13.8 Å². The number of aldehydes is 1. The Bertz CT molecular complexity index is 1370. The normalized spacial score (nSPS) is 21.4. The van der Waals surface area contributed by atoms with Crippen LogP contribution in [0.4, 0.5) is 5.82 Å². The number of hydrogen-bond donors (Lipinski definition) is 5. The second-order valence-electron chi connectivity index (χ2n) is 7.90. The van der Waals surface area contributed by atoms with Gasteiger partial charge in [-0.05, 0) is 13.8 Å². The third-order valence-corrected chi connectivity index (χ3v) is 5.56. The first-order chi connectivity index (χ1) is 18.3. The van der Waals surface area contributed by atoms with Crippen LogP contribution in [0.1, 0.15) is 30.4 Å². The summed E-state index contributed by atoms with van der Waals surface area (Å²) in [6, 6.07) is 0. The van der Waals surface area contributed by atoms with E-state index in [1.165, 1.54) is 17.1 Å². The summed E-state index contributed by atoms with van der Waals surface area (Å²) in [6.45, 7) is 2.85. The topological polar surface area (TPSA) is 224 Å². The number of carbonyl (C=O) groups is 3. The van der Waals surface area contributed by atoms with Crippen LogP contribution in [-0.4, -0.2) is 101 Å². The van der Waals surface area contributed by atoms with Crippen LogP contribution in [0.3, 0.4) is 0 Å². The van der Waals surface area contributed by atoms with Gasteiger partial charge in [0.2, 0.25) is 0 Å². The molecule has 4 rings (SSSR count). The molecule has 1 saturated heterocycles. The standard InChI is InChI=1S/C22H25N7O9/c1-3-36-21(34)10(7-30)5-23-17-14-19(29(9-24-14)20-16(33)15(32)12(8-31)38-20)27-18(26-17)13-11(6-25-28-13)22(35)37-4-2/h5-7,9,12,15-16,20,31-33H,3-4,8H2,1-2H3,(H,25,28)(H,23,26,27)/b10-5-/t12-,15-,16-,20-/m1/s1. The highest BCUT2D eigenvalue weighted by Crippen LogP contribution is 2.33. The lowest BCUT2D eigenvalue weighted by Crippen LogP contribution is -2.33. The summed E-state index contributed by atoms with van der Waals surface area (Å²) in [5, 5.41) is 39.6. The Kier molecular flexibility index (Phi) is 8.06. The summed E-state index contributed by atoms with van der Waals surface area (Å²) >= 11 is 0. The summed E-state index contributed by atoms with van der Waals surface area (Å²) in [5.41, 5.74) is -0.0958. The van der Waals surface area contributed by atoms with Gasteiger partial charge in [0, 0.05) is 12.4 Å². The number of fused-ring (bicyclic) bond motifs is 1. The van der Waals surface area contributed by atoms with E-state index < -0.39 is 43.1 Å². The molecule has 1 aliphatic rings. The smallest absolute Gasteiger partial charge is 0.342 e. The lowest BCUT2D eigenvalue weighted by atomic mass is 10.1. The first-order valence-electron chi connectivity index (χ1n) is 11.5. The Hall–Kier alpha value is -4.25. The van der Waals surface area contributed by atoms with Gasteiger partial charge in [-0.15, -0.1) is 0 Å². The van der Waals surface area contributed by atoms with Crippen molar-refractivity contribution in [3.8, 4) is 11.5 Å². The quantitative estimate of drug-likeness (QED) is 0.0700. The van der Waals surface area contributed by atoms with Gasteiger partial charge < -0.3 is 34.8 Å². The zero-order valence-electron chi connectivity index (χ0n) is 20.3. The van der Waals surface area contributed by atoms with Gasteiger partial charge >= 0.3 is 11.9 Å². The maximum atomic E-state index is 12.4. The summed E-state index contributed by atoms with van der Waals surface area (Å²) in [5.74, 6) is -1.64. The van der Waals surface area contributed by atoms with Crippen LogP contribution in [0, 0.1) is 0 Å². The number of nitrogens with zero attached hydrogens (tertiary/aromatic N) is 5. The van der Waals surface area contributed by atoms with Crippen molar-refractivity contribution >= 4 is 35.2 Å². The van der Waals surface area contributed by atoms with E-state index in [9.17, 15) is 29.7 Å². The van der Waals surface area contributed by atoms with Crippen molar-refractivity contribution in [1.29, 1.82) is 0 Å². The van der Waals surface area contributed by atoms with Crippen LogP contribution in [0.2, 0.25) is 0 Å². The fraction of sp³-hybridized carbons (Fsp3) is 0.409. The average Bonchev–Trinajstić information content (AvgIpc) is 3.63. The van der Waals surface area contributed by atoms with Gasteiger partial charge in [0.1, 0.15) is 35.1 Å². The molecule has 0 radical (unpaired) electrons. The van der Waals surface area contributed by atoms with Crippen LogP contribution in [-0.2, 0) is 23.8 Å². The van der Waals surface area contributed by atoms with E-state index >= 15 is 0 Å². The summed E-state index contributed by atoms with van der Waals surface area (Å²) in [7, 11) is 0. The van der Waals surface area contributed by atoms with Gasteiger partial charge in [-0.3, -0.25) is 14.5 Å². The lowest BCUT2D eigenvalue weighted by molar-refractivity contribution is -0.139. The van der Waals surface area contributed by atoms with Crippen LogP contribution in [0.25, 0.3) is 22.7 Å². The zero-order chi connectivity index (χ0) is 27.4. The van der Waals surface area contributed by atoms with Gasteiger partial charge in [-0.2, -0.15) is 5.10 Å². The maximum absolute atomic E-state index is 12.4. The molecular weight excluding hydrogens is 506 g/mol. The molecule has 4 heterocycles. The van der Waals surface area contributed by atoms with Gasteiger partial charge in [0.15, 0.2) is 35.3 Å². The van der Waals surface area contributed by atoms with Crippen molar-refractivity contribution in [1.82, 2.24) is 29.7 Å². The molecule has 0 unspecified atom stereocenters. The van der Waals surface area contributed by atoms with E-state index in [0.29, 0.717) is 6.29 Å². The Morgan fingerprint density at radius 2 is 1.97 bits per heavy atom. The molecule has 16 nitrogen and oxygen atoms in total. The summed E-state index contributed by atoms with van der Waals surface area (Å²) in [6.07, 6.45) is -1.13. The summed E-state index contributed by atoms with van der Waals surface area (Å²) < 4.78 is 16.8. The number of aliphatic hydroxyl groups is 3. The number of aromatic nitrogens is 6. The molecule has 0 spiro atoms. The van der Waals surface area contributed by atoms with Gasteiger partial charge in [-0.1, -0.05) is 0 Å². The maximum Gasteiger partial charge on any atom is 0.342 e. The minimum Gasteiger partial charge on any atom is -0.462 e. The van der Waals surface area contributed by atoms with Gasteiger partial charge in [0.05, 0.1) is 26.1 Å². The molecule has 0 aromatic carbocycles. The molecule has 3 aromatic rings. The van der Waals surface area contributed by atoms with Gasteiger partial charge in [-0.25, -0.2) is 24.5 Å². The van der Waals surface area contributed by atoms with E-state index in [1.807, 2.05) is 0 Å². The number of aromatic amines is 1. The second kappa shape index (κ2) is 11.4. The number of aliphatic hydroxyl groups excluding tert-OH is 3.